The molecule has 1 aromatic carbocycles. The van der Waals surface area contributed by atoms with Crippen LogP contribution in [0.2, 0.25) is 0 Å². The topological polar surface area (TPSA) is 15.3 Å². The molecule has 0 aromatic heterocycles. The van der Waals surface area contributed by atoms with Gasteiger partial charge in [0.15, 0.2) is 0 Å². The van der Waals surface area contributed by atoms with Crippen LogP contribution in [-0.4, -0.2) is 23.7 Å². The number of rotatable bonds is 1. The van der Waals surface area contributed by atoms with Crippen molar-refractivity contribution in [1.29, 1.82) is 0 Å². The Hall–Kier alpha value is 0.190. The Kier molecular flexibility index (Phi) is 3.67. The van der Waals surface area contributed by atoms with E-state index in [2.05, 4.69) is 73.0 Å². The summed E-state index contributed by atoms with van der Waals surface area (Å²) in [5, 5.41) is 3.39. The third kappa shape index (κ3) is 2.41. The largest absolute Gasteiger partial charge is 0.357 e. The summed E-state index contributed by atoms with van der Waals surface area (Å²) in [7, 11) is 0. The molecule has 14 heavy (non-hydrogen) atoms. The summed E-state index contributed by atoms with van der Waals surface area (Å²) in [5.74, 6) is 0. The number of anilines is 1. The maximum atomic E-state index is 3.45. The Morgan fingerprint density at radius 1 is 1.36 bits per heavy atom. The van der Waals surface area contributed by atoms with Crippen LogP contribution in [0.15, 0.2) is 28.7 Å². The number of hydrogen-bond donors (Lipinski definition) is 1. The van der Waals surface area contributed by atoms with Crippen LogP contribution >= 0.6 is 38.5 Å². The molecule has 1 saturated heterocycles. The van der Waals surface area contributed by atoms with Gasteiger partial charge < -0.3 is 10.2 Å². The lowest BCUT2D eigenvalue weighted by Gasteiger charge is -2.34. The van der Waals surface area contributed by atoms with E-state index < -0.39 is 0 Å². The predicted octanol–water partition coefficient (Wildman–Crippen LogP) is 2.62. The number of piperazine rings is 1. The SMILES string of the molecule is Brc1ccc(N2CCNCC2I)cc1. The Labute approximate surface area is 106 Å². The number of halogens is 2. The van der Waals surface area contributed by atoms with Gasteiger partial charge in [0.1, 0.15) is 0 Å². The molecule has 0 radical (unpaired) electrons. The molecule has 1 aliphatic heterocycles. The van der Waals surface area contributed by atoms with Crippen LogP contribution in [-0.2, 0) is 0 Å². The molecule has 2 rings (SSSR count). The van der Waals surface area contributed by atoms with Gasteiger partial charge in [0.25, 0.3) is 0 Å². The Morgan fingerprint density at radius 3 is 2.71 bits per heavy atom. The van der Waals surface area contributed by atoms with Gasteiger partial charge in [-0.05, 0) is 24.3 Å². The van der Waals surface area contributed by atoms with Gasteiger partial charge in [0, 0.05) is 29.8 Å². The van der Waals surface area contributed by atoms with Crippen LogP contribution in [0, 0.1) is 0 Å². The lowest BCUT2D eigenvalue weighted by Crippen LogP contribution is -2.48. The third-order valence-electron chi connectivity index (χ3n) is 2.34. The van der Waals surface area contributed by atoms with E-state index in [9.17, 15) is 0 Å². The van der Waals surface area contributed by atoms with Crippen LogP contribution in [0.4, 0.5) is 5.69 Å². The molecule has 1 aliphatic rings. The molecule has 0 amide bonds. The third-order valence-corrected chi connectivity index (χ3v) is 3.98. The van der Waals surface area contributed by atoms with Crippen LogP contribution in [0.3, 0.4) is 0 Å². The fourth-order valence-corrected chi connectivity index (χ4v) is 2.77. The molecule has 4 heteroatoms. The maximum absolute atomic E-state index is 3.45. The van der Waals surface area contributed by atoms with E-state index in [4.69, 9.17) is 0 Å². The molecule has 0 saturated carbocycles. The first-order valence-corrected chi connectivity index (χ1v) is 6.68. The van der Waals surface area contributed by atoms with Gasteiger partial charge in [0.2, 0.25) is 0 Å². The molecule has 1 atom stereocenters. The zero-order valence-corrected chi connectivity index (χ0v) is 11.5. The number of hydrogen-bond acceptors (Lipinski definition) is 2. The van der Waals surface area contributed by atoms with Crippen molar-refractivity contribution in [3.63, 3.8) is 0 Å². The first-order valence-electron chi connectivity index (χ1n) is 4.64. The van der Waals surface area contributed by atoms with Crippen molar-refractivity contribution in [3.8, 4) is 0 Å². The number of benzene rings is 1. The van der Waals surface area contributed by atoms with E-state index in [-0.39, 0.29) is 0 Å². The first-order chi connectivity index (χ1) is 6.77. The van der Waals surface area contributed by atoms with E-state index in [1.165, 1.54) is 5.69 Å². The minimum absolute atomic E-state index is 0.558. The van der Waals surface area contributed by atoms with Gasteiger partial charge in [-0.25, -0.2) is 0 Å². The van der Waals surface area contributed by atoms with Crippen molar-refractivity contribution in [2.24, 2.45) is 0 Å². The second kappa shape index (κ2) is 4.81. The van der Waals surface area contributed by atoms with Crippen LogP contribution in [0.25, 0.3) is 0 Å². The van der Waals surface area contributed by atoms with Gasteiger partial charge in [-0.15, -0.1) is 0 Å². The van der Waals surface area contributed by atoms with E-state index >= 15 is 0 Å². The summed E-state index contributed by atoms with van der Waals surface area (Å²) in [6, 6.07) is 8.53. The molecular weight excluding hydrogens is 355 g/mol. The summed E-state index contributed by atoms with van der Waals surface area (Å²) in [4.78, 5) is 2.43. The summed E-state index contributed by atoms with van der Waals surface area (Å²) in [5.41, 5.74) is 1.31. The van der Waals surface area contributed by atoms with Crippen LogP contribution in [0.1, 0.15) is 0 Å². The van der Waals surface area contributed by atoms with Crippen molar-refractivity contribution in [3.05, 3.63) is 28.7 Å². The van der Waals surface area contributed by atoms with Crippen molar-refractivity contribution >= 4 is 44.2 Å². The highest BCUT2D eigenvalue weighted by atomic mass is 127. The average molecular weight is 367 g/mol. The van der Waals surface area contributed by atoms with E-state index in [1.807, 2.05) is 0 Å². The molecule has 1 fully saturated rings. The van der Waals surface area contributed by atoms with Gasteiger partial charge in [-0.1, -0.05) is 38.5 Å². The Morgan fingerprint density at radius 2 is 2.07 bits per heavy atom. The van der Waals surface area contributed by atoms with Crippen molar-refractivity contribution in [2.45, 2.75) is 4.05 Å². The normalized spacial score (nSPS) is 22.4. The summed E-state index contributed by atoms with van der Waals surface area (Å²) in [6.07, 6.45) is 0. The molecule has 0 spiro atoms. The second-order valence-corrected chi connectivity index (χ2v) is 5.66. The molecule has 1 N–H and O–H groups in total. The number of nitrogens with one attached hydrogen (secondary N) is 1. The van der Waals surface area contributed by atoms with Gasteiger partial charge >= 0.3 is 0 Å². The zero-order valence-electron chi connectivity index (χ0n) is 7.71. The van der Waals surface area contributed by atoms with Gasteiger partial charge in [0.05, 0.1) is 4.05 Å². The molecule has 0 aliphatic carbocycles. The van der Waals surface area contributed by atoms with Gasteiger partial charge in [-0.3, -0.25) is 0 Å². The fraction of sp³-hybridized carbons (Fsp3) is 0.400. The summed E-state index contributed by atoms with van der Waals surface area (Å²) >= 11 is 5.93. The van der Waals surface area contributed by atoms with Crippen molar-refractivity contribution in [2.75, 3.05) is 24.5 Å². The molecule has 1 unspecified atom stereocenters. The molecule has 1 heterocycles. The summed E-state index contributed by atoms with van der Waals surface area (Å²) in [6.45, 7) is 3.24. The van der Waals surface area contributed by atoms with Crippen molar-refractivity contribution < 1.29 is 0 Å². The molecule has 76 valence electrons. The standard InChI is InChI=1S/C10H12BrIN2/c11-8-1-3-9(4-2-8)14-6-5-13-7-10(14)12/h1-4,10,13H,5-7H2. The monoisotopic (exact) mass is 366 g/mol. The smallest absolute Gasteiger partial charge is 0.0933 e. The van der Waals surface area contributed by atoms with Crippen LogP contribution in [0.5, 0.6) is 0 Å². The molecular formula is C10H12BrIN2. The maximum Gasteiger partial charge on any atom is 0.0933 e. The fourth-order valence-electron chi connectivity index (χ4n) is 1.59. The quantitative estimate of drug-likeness (QED) is 0.467. The lowest BCUT2D eigenvalue weighted by molar-refractivity contribution is 0.576. The minimum Gasteiger partial charge on any atom is -0.357 e. The zero-order chi connectivity index (χ0) is 9.97. The second-order valence-electron chi connectivity index (χ2n) is 3.31. The van der Waals surface area contributed by atoms with Crippen molar-refractivity contribution in [1.82, 2.24) is 5.32 Å². The summed E-state index contributed by atoms with van der Waals surface area (Å²) < 4.78 is 1.70. The number of nitrogens with zero attached hydrogens (tertiary/aromatic N) is 1. The van der Waals surface area contributed by atoms with E-state index in [0.717, 1.165) is 24.1 Å². The van der Waals surface area contributed by atoms with E-state index in [0.29, 0.717) is 4.05 Å². The van der Waals surface area contributed by atoms with E-state index in [1.54, 1.807) is 0 Å². The highest BCUT2D eigenvalue weighted by Crippen LogP contribution is 2.23. The first kappa shape index (κ1) is 10.7. The van der Waals surface area contributed by atoms with Gasteiger partial charge in [-0.2, -0.15) is 0 Å². The highest BCUT2D eigenvalue weighted by Gasteiger charge is 2.18. The Bertz CT molecular complexity index is 301. The average Bonchev–Trinajstić information content (AvgIpc) is 2.20. The molecule has 2 nitrogen and oxygen atoms in total. The minimum atomic E-state index is 0.558. The predicted molar refractivity (Wildman–Crippen MR) is 72.2 cm³/mol. The lowest BCUT2D eigenvalue weighted by atomic mass is 10.2. The Balaban J connectivity index is 2.16. The van der Waals surface area contributed by atoms with Crippen LogP contribution < -0.4 is 10.2 Å². The highest BCUT2D eigenvalue weighted by molar-refractivity contribution is 14.1. The number of alkyl halides is 1. The molecule has 1 aromatic rings. The molecule has 0 bridgehead atoms.